The van der Waals surface area contributed by atoms with Crippen LogP contribution in [0.15, 0.2) is 18.2 Å². The number of benzene rings is 1. The van der Waals surface area contributed by atoms with Crippen LogP contribution in [-0.2, 0) is 0 Å². The molecule has 4 nitrogen and oxygen atoms in total. The number of amides is 1. The first-order valence-electron chi connectivity index (χ1n) is 4.28. The Bertz CT molecular complexity index is 348. The highest BCUT2D eigenvalue weighted by molar-refractivity contribution is 6.00. The average molecular weight is 194 g/mol. The number of nitrogens with one attached hydrogen (secondary N) is 1. The minimum Gasteiger partial charge on any atom is -0.508 e. The highest BCUT2D eigenvalue weighted by atomic mass is 16.3. The summed E-state index contributed by atoms with van der Waals surface area (Å²) in [5.41, 5.74) is 1.25. The maximum atomic E-state index is 11.4. The van der Waals surface area contributed by atoms with Crippen LogP contribution in [0.4, 0.5) is 5.69 Å². The third-order valence-electron chi connectivity index (χ3n) is 1.93. The molecule has 0 unspecified atom stereocenters. The highest BCUT2D eigenvalue weighted by Crippen LogP contribution is 2.23. The zero-order chi connectivity index (χ0) is 10.7. The molecule has 4 heteroatoms. The van der Waals surface area contributed by atoms with Crippen LogP contribution >= 0.6 is 0 Å². The van der Waals surface area contributed by atoms with Crippen LogP contribution in [0, 0.1) is 0 Å². The standard InChI is InChI=1S/C10H14N2O2/c1-11-10(14)8-6-7(13)4-5-9(8)12(2)3/h4-6,13H,1-3H3,(H,11,14). The molecule has 1 aromatic carbocycles. The molecule has 1 amide bonds. The number of rotatable bonds is 2. The fourth-order valence-corrected chi connectivity index (χ4v) is 1.23. The number of hydrogen-bond acceptors (Lipinski definition) is 3. The molecule has 0 aliphatic rings. The molecule has 1 aromatic rings. The Morgan fingerprint density at radius 3 is 2.57 bits per heavy atom. The molecule has 0 atom stereocenters. The molecule has 14 heavy (non-hydrogen) atoms. The first-order chi connectivity index (χ1) is 6.56. The smallest absolute Gasteiger partial charge is 0.253 e. The lowest BCUT2D eigenvalue weighted by molar-refractivity contribution is 0.0963. The molecular formula is C10H14N2O2. The first kappa shape index (κ1) is 10.4. The molecule has 2 N–H and O–H groups in total. The van der Waals surface area contributed by atoms with Gasteiger partial charge in [0.2, 0.25) is 0 Å². The van der Waals surface area contributed by atoms with E-state index in [1.54, 1.807) is 19.2 Å². The summed E-state index contributed by atoms with van der Waals surface area (Å²) in [5.74, 6) is -0.112. The lowest BCUT2D eigenvalue weighted by Crippen LogP contribution is -2.21. The third kappa shape index (κ3) is 1.96. The Morgan fingerprint density at radius 1 is 1.43 bits per heavy atom. The van der Waals surface area contributed by atoms with Crippen LogP contribution in [0.1, 0.15) is 10.4 Å². The Kier molecular flexibility index (Phi) is 2.96. The summed E-state index contributed by atoms with van der Waals surface area (Å²) in [5, 5.41) is 11.8. The second-order valence-electron chi connectivity index (χ2n) is 3.18. The Morgan fingerprint density at radius 2 is 2.07 bits per heavy atom. The van der Waals surface area contributed by atoms with Gasteiger partial charge in [-0.25, -0.2) is 0 Å². The van der Waals surface area contributed by atoms with Gasteiger partial charge >= 0.3 is 0 Å². The van der Waals surface area contributed by atoms with E-state index >= 15 is 0 Å². The molecule has 0 aromatic heterocycles. The normalized spacial score (nSPS) is 9.64. The summed E-state index contributed by atoms with van der Waals surface area (Å²) >= 11 is 0. The van der Waals surface area contributed by atoms with Gasteiger partial charge in [0, 0.05) is 26.8 Å². The number of phenols is 1. The van der Waals surface area contributed by atoms with Crippen molar-refractivity contribution in [3.8, 4) is 5.75 Å². The van der Waals surface area contributed by atoms with Crippen LogP contribution in [0.3, 0.4) is 0 Å². The van der Waals surface area contributed by atoms with E-state index in [1.807, 2.05) is 19.0 Å². The van der Waals surface area contributed by atoms with E-state index in [9.17, 15) is 9.90 Å². The first-order valence-corrected chi connectivity index (χ1v) is 4.28. The Hall–Kier alpha value is -1.71. The fraction of sp³-hybridized carbons (Fsp3) is 0.300. The zero-order valence-electron chi connectivity index (χ0n) is 8.53. The number of hydrogen-bond donors (Lipinski definition) is 2. The number of carbonyl (C=O) groups excluding carboxylic acids is 1. The average Bonchev–Trinajstić information content (AvgIpc) is 2.16. The minimum absolute atomic E-state index is 0.0919. The molecule has 0 aliphatic heterocycles. The molecule has 0 bridgehead atoms. The maximum Gasteiger partial charge on any atom is 0.253 e. The van der Waals surface area contributed by atoms with E-state index in [0.717, 1.165) is 5.69 Å². The molecule has 0 radical (unpaired) electrons. The monoisotopic (exact) mass is 194 g/mol. The van der Waals surface area contributed by atoms with Crippen molar-refractivity contribution >= 4 is 11.6 Å². The van der Waals surface area contributed by atoms with Gasteiger partial charge in [-0.1, -0.05) is 0 Å². The summed E-state index contributed by atoms with van der Waals surface area (Å²) in [4.78, 5) is 13.3. The SMILES string of the molecule is CNC(=O)c1cc(O)ccc1N(C)C. The lowest BCUT2D eigenvalue weighted by atomic mass is 10.1. The minimum atomic E-state index is -0.204. The van der Waals surface area contributed by atoms with E-state index in [4.69, 9.17) is 0 Å². The zero-order valence-corrected chi connectivity index (χ0v) is 8.53. The van der Waals surface area contributed by atoms with Crippen molar-refractivity contribution in [2.75, 3.05) is 26.0 Å². The molecular weight excluding hydrogens is 180 g/mol. The number of aromatic hydroxyl groups is 1. The van der Waals surface area contributed by atoms with Crippen molar-refractivity contribution in [1.82, 2.24) is 5.32 Å². The molecule has 76 valence electrons. The topological polar surface area (TPSA) is 52.6 Å². The molecule has 0 aliphatic carbocycles. The molecule has 0 spiro atoms. The van der Waals surface area contributed by atoms with Crippen molar-refractivity contribution < 1.29 is 9.90 Å². The van der Waals surface area contributed by atoms with Gasteiger partial charge in [-0.15, -0.1) is 0 Å². The number of carbonyl (C=O) groups is 1. The van der Waals surface area contributed by atoms with Gasteiger partial charge in [-0.05, 0) is 18.2 Å². The van der Waals surface area contributed by atoms with Crippen molar-refractivity contribution in [1.29, 1.82) is 0 Å². The van der Waals surface area contributed by atoms with Crippen LogP contribution in [0.2, 0.25) is 0 Å². The summed E-state index contributed by atoms with van der Waals surface area (Å²) in [7, 11) is 5.25. The van der Waals surface area contributed by atoms with Crippen molar-refractivity contribution in [3.63, 3.8) is 0 Å². The molecule has 0 saturated heterocycles. The third-order valence-corrected chi connectivity index (χ3v) is 1.93. The summed E-state index contributed by atoms with van der Waals surface area (Å²) in [6.45, 7) is 0. The lowest BCUT2D eigenvalue weighted by Gasteiger charge is -2.16. The van der Waals surface area contributed by atoms with Gasteiger partial charge in [-0.3, -0.25) is 4.79 Å². The molecule has 0 heterocycles. The van der Waals surface area contributed by atoms with E-state index in [2.05, 4.69) is 5.32 Å². The van der Waals surface area contributed by atoms with E-state index < -0.39 is 0 Å². The summed E-state index contributed by atoms with van der Waals surface area (Å²) < 4.78 is 0. The van der Waals surface area contributed by atoms with E-state index in [1.165, 1.54) is 6.07 Å². The summed E-state index contributed by atoms with van der Waals surface area (Å²) in [6, 6.07) is 4.72. The van der Waals surface area contributed by atoms with Gasteiger partial charge in [0.25, 0.3) is 5.91 Å². The number of anilines is 1. The largest absolute Gasteiger partial charge is 0.508 e. The predicted octanol–water partition coefficient (Wildman–Crippen LogP) is 0.818. The van der Waals surface area contributed by atoms with Gasteiger partial charge in [-0.2, -0.15) is 0 Å². The number of phenolic OH excluding ortho intramolecular Hbond substituents is 1. The van der Waals surface area contributed by atoms with E-state index in [-0.39, 0.29) is 11.7 Å². The van der Waals surface area contributed by atoms with Gasteiger partial charge < -0.3 is 15.3 Å². The van der Waals surface area contributed by atoms with Crippen LogP contribution in [0.5, 0.6) is 5.75 Å². The second kappa shape index (κ2) is 4.00. The molecule has 1 rings (SSSR count). The van der Waals surface area contributed by atoms with Crippen molar-refractivity contribution in [3.05, 3.63) is 23.8 Å². The van der Waals surface area contributed by atoms with E-state index in [0.29, 0.717) is 5.56 Å². The molecule has 0 fully saturated rings. The van der Waals surface area contributed by atoms with Gasteiger partial charge in [0.05, 0.1) is 5.56 Å². The Labute approximate surface area is 83.2 Å². The quantitative estimate of drug-likeness (QED) is 0.732. The number of nitrogens with zero attached hydrogens (tertiary/aromatic N) is 1. The van der Waals surface area contributed by atoms with Gasteiger partial charge in [0.15, 0.2) is 0 Å². The highest BCUT2D eigenvalue weighted by Gasteiger charge is 2.11. The van der Waals surface area contributed by atoms with Crippen LogP contribution in [0.25, 0.3) is 0 Å². The Balaban J connectivity index is 3.22. The van der Waals surface area contributed by atoms with Crippen LogP contribution in [-0.4, -0.2) is 32.2 Å². The van der Waals surface area contributed by atoms with Crippen LogP contribution < -0.4 is 10.2 Å². The molecule has 0 saturated carbocycles. The van der Waals surface area contributed by atoms with Crippen molar-refractivity contribution in [2.45, 2.75) is 0 Å². The maximum absolute atomic E-state index is 11.4. The summed E-state index contributed by atoms with van der Waals surface area (Å²) in [6.07, 6.45) is 0. The second-order valence-corrected chi connectivity index (χ2v) is 3.18. The van der Waals surface area contributed by atoms with Crippen molar-refractivity contribution in [2.24, 2.45) is 0 Å². The predicted molar refractivity (Wildman–Crippen MR) is 55.8 cm³/mol. The van der Waals surface area contributed by atoms with Gasteiger partial charge in [0.1, 0.15) is 5.75 Å². The fourth-order valence-electron chi connectivity index (χ4n) is 1.23.